The Hall–Kier alpha value is -12.0. The van der Waals surface area contributed by atoms with Gasteiger partial charge in [-0.3, -0.25) is 0 Å². The molecule has 2 aliphatic carbocycles. The highest BCUT2D eigenvalue weighted by Gasteiger charge is 2.46. The van der Waals surface area contributed by atoms with Gasteiger partial charge in [-0.15, -0.1) is 0 Å². The zero-order valence-electron chi connectivity index (χ0n) is 61.3. The summed E-state index contributed by atoms with van der Waals surface area (Å²) in [6, 6.07) is 39.0. The van der Waals surface area contributed by atoms with E-state index in [4.69, 9.17) is 47.4 Å². The predicted octanol–water partition coefficient (Wildman–Crippen LogP) is 12.9. The maximum absolute atomic E-state index is 11.9. The summed E-state index contributed by atoms with van der Waals surface area (Å²) in [5.41, 5.74) is 8.23. The van der Waals surface area contributed by atoms with Gasteiger partial charge in [-0.25, -0.2) is 43.2 Å². The number of esters is 9. The SMILES string of the molecule is C=CC(=C)OCCOc1ccc(C2(c3ccc(OCCOC(=O)C=C)cc3)c3ccccc3-c3ccccc32)cc1.C=CC(=O)OCC(O)COC(=O)/C(C)=C(/C)C(=O)OCC(O)COC(=O)C=C.C=CC(=O)OCCCCCCCCCOC(=O)C=C.C=CC(=O)Oc1cccc2c1CCCC2OC(=O)C=C. The summed E-state index contributed by atoms with van der Waals surface area (Å²) in [6.45, 7) is 33.7. The Balaban J connectivity index is 0.000000322. The van der Waals surface area contributed by atoms with Crippen LogP contribution in [-0.4, -0.2) is 142 Å². The topological polar surface area (TPSA) is 305 Å². The first-order chi connectivity index (χ1) is 52.0. The molecule has 2 aliphatic rings. The van der Waals surface area contributed by atoms with Crippen molar-refractivity contribution in [3.63, 3.8) is 0 Å². The van der Waals surface area contributed by atoms with Crippen molar-refractivity contribution >= 4 is 53.7 Å². The van der Waals surface area contributed by atoms with E-state index in [0.717, 1.165) is 123 Å². The summed E-state index contributed by atoms with van der Waals surface area (Å²) in [6.07, 6.45) is 16.1. The largest absolute Gasteiger partial charge is 0.491 e. The number of benzene rings is 5. The first kappa shape index (κ1) is 88.4. The van der Waals surface area contributed by atoms with E-state index < -0.39 is 85.8 Å². The first-order valence-electron chi connectivity index (χ1n) is 34.8. The summed E-state index contributed by atoms with van der Waals surface area (Å²) >= 11 is 0. The van der Waals surface area contributed by atoms with Crippen LogP contribution in [0.4, 0.5) is 0 Å². The number of carbonyl (C=O) groups excluding carboxylic acids is 9. The molecular formula is C85H96O23. The average Bonchev–Trinajstić information content (AvgIpc) is 1.53. The summed E-state index contributed by atoms with van der Waals surface area (Å²) in [4.78, 5) is 101. The number of fused-ring (bicyclic) bond motifs is 4. The number of rotatable bonds is 41. The van der Waals surface area contributed by atoms with Gasteiger partial charge in [0.2, 0.25) is 0 Å². The average molecular weight is 1490 g/mol. The molecule has 23 nitrogen and oxygen atoms in total. The number of carbonyl (C=O) groups is 9. The van der Waals surface area contributed by atoms with Gasteiger partial charge in [0, 0.05) is 59.2 Å². The molecule has 108 heavy (non-hydrogen) atoms. The fraction of sp³-hybridized carbons (Fsp3) is 0.306. The highest BCUT2D eigenvalue weighted by atomic mass is 16.6. The number of ether oxygens (including phenoxy) is 12. The second kappa shape index (κ2) is 49.0. The van der Waals surface area contributed by atoms with Crippen LogP contribution in [0.25, 0.3) is 11.1 Å². The maximum Gasteiger partial charge on any atom is 0.335 e. The Morgan fingerprint density at radius 2 is 0.815 bits per heavy atom. The molecule has 5 aromatic rings. The monoisotopic (exact) mass is 1480 g/mol. The zero-order chi connectivity index (χ0) is 79.2. The molecule has 0 aromatic heterocycles. The van der Waals surface area contributed by atoms with Crippen molar-refractivity contribution in [3.8, 4) is 28.4 Å². The number of hydrogen-bond acceptors (Lipinski definition) is 23. The summed E-state index contributed by atoms with van der Waals surface area (Å²) in [5, 5.41) is 19.1. The molecule has 0 amide bonds. The van der Waals surface area contributed by atoms with E-state index in [0.29, 0.717) is 43.7 Å². The van der Waals surface area contributed by atoms with Crippen molar-refractivity contribution in [1.29, 1.82) is 0 Å². The Labute approximate surface area is 630 Å². The lowest BCUT2D eigenvalue weighted by atomic mass is 9.68. The molecule has 7 rings (SSSR count). The summed E-state index contributed by atoms with van der Waals surface area (Å²) in [7, 11) is 0. The molecule has 0 spiro atoms. The van der Waals surface area contributed by atoms with Gasteiger partial charge in [-0.1, -0.05) is 176 Å². The number of unbranched alkanes of at least 4 members (excludes halogenated alkanes) is 6. The van der Waals surface area contributed by atoms with Gasteiger partial charge in [-0.05, 0) is 121 Å². The van der Waals surface area contributed by atoms with Gasteiger partial charge in [-0.2, -0.15) is 0 Å². The van der Waals surface area contributed by atoms with Crippen molar-refractivity contribution in [2.75, 3.05) is 66.1 Å². The lowest BCUT2D eigenvalue weighted by Gasteiger charge is -2.34. The molecule has 2 N–H and O–H groups in total. The Bertz CT molecular complexity index is 3750. The number of aliphatic hydroxyl groups is 2. The van der Waals surface area contributed by atoms with Gasteiger partial charge in [0.05, 0.1) is 18.6 Å². The van der Waals surface area contributed by atoms with E-state index in [1.807, 2.05) is 30.3 Å². The first-order valence-corrected chi connectivity index (χ1v) is 34.8. The number of hydrogen-bond donors (Lipinski definition) is 2. The molecule has 0 radical (unpaired) electrons. The molecule has 574 valence electrons. The molecule has 0 saturated heterocycles. The standard InChI is InChI=1S/C36H32O5.C18H24O10.C16H16O4.C15H24O4/c1-4-26(3)38-22-23-39-29-18-14-27(15-19-29)36(28-16-20-30(21-17-28)40-24-25-41-35(37)5-2)33-12-8-6-10-31(33)32-11-7-9-13-34(32)36;1-5-15(21)25-7-13(19)9-27-17(23)11(3)12(4)18(24)28-10-14(20)8-26-16(22)6-2;1-3-15(17)19-13-9-5-8-12-11(13)7-6-10-14(12)20-16(18)4-2;1-3-14(16)18-12-10-8-6-5-7-9-11-13-19-15(17)4-2/h4-21H,1-3,22-25H2;5-6,13-14,19-20H,1-2,7-10H2,3-4H3;3-5,8-9,14H,1-2,6-7,10H2;3-4H,1-2,5-13H2/b;12-11-;;. The Kier molecular flexibility index (Phi) is 40.1. The molecule has 3 atom stereocenters. The smallest absolute Gasteiger partial charge is 0.335 e. The third kappa shape index (κ3) is 29.5. The van der Waals surface area contributed by atoms with Crippen molar-refractivity contribution in [2.45, 2.75) is 102 Å². The predicted molar refractivity (Wildman–Crippen MR) is 405 cm³/mol. The van der Waals surface area contributed by atoms with Gasteiger partial charge in [0.1, 0.15) is 94.2 Å². The molecule has 0 heterocycles. The van der Waals surface area contributed by atoms with E-state index in [2.05, 4.69) is 141 Å². The second-order valence-electron chi connectivity index (χ2n) is 23.6. The van der Waals surface area contributed by atoms with E-state index in [9.17, 15) is 53.4 Å². The lowest BCUT2D eigenvalue weighted by Crippen LogP contribution is -2.28. The minimum Gasteiger partial charge on any atom is -0.491 e. The van der Waals surface area contributed by atoms with Crippen LogP contribution >= 0.6 is 0 Å². The fourth-order valence-electron chi connectivity index (χ4n) is 10.7. The number of aliphatic hydroxyl groups excluding tert-OH is 2. The van der Waals surface area contributed by atoms with Crippen LogP contribution in [0.3, 0.4) is 0 Å². The van der Waals surface area contributed by atoms with E-state index >= 15 is 0 Å². The summed E-state index contributed by atoms with van der Waals surface area (Å²) < 4.78 is 61.3. The van der Waals surface area contributed by atoms with Crippen molar-refractivity contribution in [2.24, 2.45) is 0 Å². The fourth-order valence-corrected chi connectivity index (χ4v) is 10.7. The minimum atomic E-state index is -1.25. The molecule has 0 bridgehead atoms. The summed E-state index contributed by atoms with van der Waals surface area (Å²) in [5.74, 6) is -2.86. The molecule has 3 unspecified atom stereocenters. The van der Waals surface area contributed by atoms with Gasteiger partial charge in [0.15, 0.2) is 0 Å². The minimum absolute atomic E-state index is 0.0761. The molecule has 0 saturated carbocycles. The van der Waals surface area contributed by atoms with Gasteiger partial charge < -0.3 is 67.1 Å². The van der Waals surface area contributed by atoms with Crippen LogP contribution in [-0.2, 0) is 97.6 Å². The highest BCUT2D eigenvalue weighted by Crippen LogP contribution is 2.56. The van der Waals surface area contributed by atoms with E-state index in [1.165, 1.54) is 48.3 Å². The van der Waals surface area contributed by atoms with Crippen LogP contribution in [0.5, 0.6) is 17.2 Å². The normalized spacial score (nSPS) is 12.9. The Morgan fingerprint density at radius 3 is 1.24 bits per heavy atom. The molecule has 23 heteroatoms. The van der Waals surface area contributed by atoms with E-state index in [-0.39, 0.29) is 42.4 Å². The van der Waals surface area contributed by atoms with Gasteiger partial charge >= 0.3 is 53.7 Å². The highest BCUT2D eigenvalue weighted by molar-refractivity contribution is 5.99. The molecule has 0 fully saturated rings. The van der Waals surface area contributed by atoms with E-state index in [1.54, 1.807) is 18.2 Å². The maximum atomic E-state index is 11.9. The molecular weight excluding hydrogens is 1390 g/mol. The molecule has 5 aromatic carbocycles. The zero-order valence-corrected chi connectivity index (χ0v) is 61.3. The Morgan fingerprint density at radius 1 is 0.426 bits per heavy atom. The van der Waals surface area contributed by atoms with Crippen molar-refractivity contribution < 1.29 is 110 Å². The lowest BCUT2D eigenvalue weighted by molar-refractivity contribution is -0.149. The third-order valence-corrected chi connectivity index (χ3v) is 16.1. The van der Waals surface area contributed by atoms with Crippen LogP contribution in [0.15, 0.2) is 240 Å². The second-order valence-corrected chi connectivity index (χ2v) is 23.6. The van der Waals surface area contributed by atoms with Crippen molar-refractivity contribution in [3.05, 3.63) is 273 Å². The van der Waals surface area contributed by atoms with Crippen molar-refractivity contribution in [1.82, 2.24) is 0 Å². The quantitative estimate of drug-likeness (QED) is 0.00685. The number of allylic oxidation sites excluding steroid dienone is 1. The van der Waals surface area contributed by atoms with Crippen LogP contribution in [0, 0.1) is 0 Å². The molecule has 0 aliphatic heterocycles. The van der Waals surface area contributed by atoms with Crippen LogP contribution in [0.1, 0.15) is 111 Å². The third-order valence-electron chi connectivity index (χ3n) is 16.1. The van der Waals surface area contributed by atoms with Crippen LogP contribution < -0.4 is 14.2 Å². The van der Waals surface area contributed by atoms with Gasteiger partial charge in [0.25, 0.3) is 0 Å². The van der Waals surface area contributed by atoms with Crippen LogP contribution in [0.2, 0.25) is 0 Å².